The molecule has 0 radical (unpaired) electrons. The van der Waals surface area contributed by atoms with Crippen LogP contribution in [0.25, 0.3) is 10.9 Å². The molecular formula is C23H22N2O5. The number of aromatic amines is 1. The van der Waals surface area contributed by atoms with E-state index in [0.29, 0.717) is 24.3 Å². The summed E-state index contributed by atoms with van der Waals surface area (Å²) in [5, 5.41) is 0.790. The number of carbonyl (C=O) groups is 3. The number of para-hydroxylation sites is 1. The van der Waals surface area contributed by atoms with Crippen LogP contribution in [0.2, 0.25) is 0 Å². The van der Waals surface area contributed by atoms with Crippen molar-refractivity contribution in [1.82, 2.24) is 4.98 Å². The molecule has 1 aromatic heterocycles. The maximum absolute atomic E-state index is 12.6. The molecule has 30 heavy (non-hydrogen) atoms. The molecule has 3 aromatic rings. The van der Waals surface area contributed by atoms with Crippen molar-refractivity contribution in [3.05, 3.63) is 60.3 Å². The van der Waals surface area contributed by atoms with Crippen molar-refractivity contribution in [3.63, 3.8) is 0 Å². The minimum absolute atomic E-state index is 0.112. The summed E-state index contributed by atoms with van der Waals surface area (Å²) in [7, 11) is 0. The number of amides is 1. The number of benzene rings is 2. The zero-order valence-electron chi connectivity index (χ0n) is 16.6. The lowest BCUT2D eigenvalue weighted by Gasteiger charge is -2.16. The van der Waals surface area contributed by atoms with Crippen LogP contribution in [0.4, 0.5) is 5.69 Å². The molecule has 0 aliphatic carbocycles. The SMILES string of the molecule is CC(OC(=O)COc1ccc(N2CCCC2=O)cc1)C(=O)c1c[nH]c2ccccc12. The van der Waals surface area contributed by atoms with Crippen LogP contribution in [0.3, 0.4) is 0 Å². The van der Waals surface area contributed by atoms with E-state index in [9.17, 15) is 14.4 Å². The summed E-state index contributed by atoms with van der Waals surface area (Å²) in [4.78, 5) is 41.3. The maximum atomic E-state index is 12.6. The van der Waals surface area contributed by atoms with Gasteiger partial charge in [-0.2, -0.15) is 0 Å². The highest BCUT2D eigenvalue weighted by molar-refractivity contribution is 6.10. The van der Waals surface area contributed by atoms with Crippen LogP contribution in [-0.4, -0.2) is 41.9 Å². The molecule has 7 nitrogen and oxygen atoms in total. The molecule has 1 atom stereocenters. The average Bonchev–Trinajstić information content (AvgIpc) is 3.38. The van der Waals surface area contributed by atoms with E-state index in [1.54, 1.807) is 42.3 Å². The second-order valence-electron chi connectivity index (χ2n) is 7.18. The highest BCUT2D eigenvalue weighted by Crippen LogP contribution is 2.24. The molecule has 2 heterocycles. The highest BCUT2D eigenvalue weighted by Gasteiger charge is 2.23. The number of hydrogen-bond donors (Lipinski definition) is 1. The number of fused-ring (bicyclic) bond motifs is 1. The second kappa shape index (κ2) is 8.41. The number of esters is 1. The minimum atomic E-state index is -0.927. The summed E-state index contributed by atoms with van der Waals surface area (Å²) in [6.07, 6.45) is 2.13. The Bertz CT molecular complexity index is 1090. The molecule has 1 saturated heterocycles. The molecule has 1 amide bonds. The molecule has 1 aliphatic rings. The van der Waals surface area contributed by atoms with Crippen molar-refractivity contribution in [1.29, 1.82) is 0 Å². The van der Waals surface area contributed by atoms with Crippen LogP contribution in [-0.2, 0) is 14.3 Å². The van der Waals surface area contributed by atoms with E-state index in [1.807, 2.05) is 24.3 Å². The second-order valence-corrected chi connectivity index (χ2v) is 7.18. The number of Topliss-reactive ketones (excluding diaryl/α,β-unsaturated/α-hetero) is 1. The first-order valence-corrected chi connectivity index (χ1v) is 9.86. The summed E-state index contributed by atoms with van der Waals surface area (Å²) >= 11 is 0. The Balaban J connectivity index is 1.31. The lowest BCUT2D eigenvalue weighted by atomic mass is 10.1. The molecule has 1 N–H and O–H groups in total. The Kier molecular flexibility index (Phi) is 5.52. The zero-order valence-corrected chi connectivity index (χ0v) is 16.6. The van der Waals surface area contributed by atoms with Crippen molar-refractivity contribution in [2.45, 2.75) is 25.9 Å². The van der Waals surface area contributed by atoms with Gasteiger partial charge in [-0.15, -0.1) is 0 Å². The van der Waals surface area contributed by atoms with Gasteiger partial charge in [0.1, 0.15) is 5.75 Å². The Labute approximate surface area is 173 Å². The number of ketones is 1. The highest BCUT2D eigenvalue weighted by atomic mass is 16.6. The maximum Gasteiger partial charge on any atom is 0.344 e. The number of anilines is 1. The van der Waals surface area contributed by atoms with E-state index >= 15 is 0 Å². The molecule has 4 rings (SSSR count). The first-order valence-electron chi connectivity index (χ1n) is 9.86. The van der Waals surface area contributed by atoms with Crippen molar-refractivity contribution < 1.29 is 23.9 Å². The zero-order chi connectivity index (χ0) is 21.1. The summed E-state index contributed by atoms with van der Waals surface area (Å²) < 4.78 is 10.7. The third-order valence-corrected chi connectivity index (χ3v) is 5.11. The van der Waals surface area contributed by atoms with Gasteiger partial charge in [0.2, 0.25) is 11.7 Å². The molecule has 1 fully saturated rings. The van der Waals surface area contributed by atoms with Gasteiger partial charge in [0, 0.05) is 41.3 Å². The van der Waals surface area contributed by atoms with Crippen molar-refractivity contribution in [3.8, 4) is 5.75 Å². The molecule has 0 saturated carbocycles. The Hall–Kier alpha value is -3.61. The van der Waals surface area contributed by atoms with Gasteiger partial charge in [-0.3, -0.25) is 9.59 Å². The molecule has 154 valence electrons. The van der Waals surface area contributed by atoms with Gasteiger partial charge in [-0.25, -0.2) is 4.79 Å². The van der Waals surface area contributed by atoms with Gasteiger partial charge in [0.15, 0.2) is 12.7 Å². The smallest absolute Gasteiger partial charge is 0.344 e. The van der Waals surface area contributed by atoms with Crippen LogP contribution in [0.5, 0.6) is 5.75 Å². The fraction of sp³-hybridized carbons (Fsp3) is 0.261. The van der Waals surface area contributed by atoms with E-state index in [1.165, 1.54) is 0 Å². The van der Waals surface area contributed by atoms with Crippen LogP contribution >= 0.6 is 0 Å². The molecule has 7 heteroatoms. The fourth-order valence-electron chi connectivity index (χ4n) is 3.56. The van der Waals surface area contributed by atoms with Crippen LogP contribution < -0.4 is 9.64 Å². The predicted molar refractivity (Wildman–Crippen MR) is 112 cm³/mol. The monoisotopic (exact) mass is 406 g/mol. The molecule has 2 aromatic carbocycles. The molecule has 0 bridgehead atoms. The van der Waals surface area contributed by atoms with Crippen molar-refractivity contribution in [2.24, 2.45) is 0 Å². The lowest BCUT2D eigenvalue weighted by molar-refractivity contribution is -0.148. The number of nitrogens with zero attached hydrogens (tertiary/aromatic N) is 1. The average molecular weight is 406 g/mol. The number of aromatic nitrogens is 1. The third-order valence-electron chi connectivity index (χ3n) is 5.11. The Morgan fingerprint density at radius 1 is 1.13 bits per heavy atom. The largest absolute Gasteiger partial charge is 0.482 e. The minimum Gasteiger partial charge on any atom is -0.482 e. The number of rotatable bonds is 7. The number of H-pyrrole nitrogens is 1. The topological polar surface area (TPSA) is 88.7 Å². The number of ether oxygens (including phenoxy) is 2. The number of hydrogen-bond acceptors (Lipinski definition) is 5. The number of nitrogens with one attached hydrogen (secondary N) is 1. The Morgan fingerprint density at radius 3 is 2.63 bits per heavy atom. The van der Waals surface area contributed by atoms with Crippen molar-refractivity contribution in [2.75, 3.05) is 18.1 Å². The first kappa shape index (κ1) is 19.7. The lowest BCUT2D eigenvalue weighted by Crippen LogP contribution is -2.27. The van der Waals surface area contributed by atoms with Gasteiger partial charge in [-0.1, -0.05) is 18.2 Å². The molecule has 0 spiro atoms. The summed E-state index contributed by atoms with van der Waals surface area (Å²) in [5.41, 5.74) is 2.14. The molecule has 1 unspecified atom stereocenters. The van der Waals surface area contributed by atoms with Crippen LogP contribution in [0, 0.1) is 0 Å². The van der Waals surface area contributed by atoms with Gasteiger partial charge >= 0.3 is 5.97 Å². The van der Waals surface area contributed by atoms with E-state index < -0.39 is 12.1 Å². The number of carbonyl (C=O) groups excluding carboxylic acids is 3. The van der Waals surface area contributed by atoms with Gasteiger partial charge in [0.25, 0.3) is 0 Å². The quantitative estimate of drug-likeness (QED) is 0.479. The van der Waals surface area contributed by atoms with Crippen LogP contribution in [0.1, 0.15) is 30.1 Å². The standard InChI is InChI=1S/C23H22N2O5/c1-15(23(28)19-13-24-20-6-3-2-5-18(19)20)30-22(27)14-29-17-10-8-16(9-11-17)25-12-4-7-21(25)26/h2-3,5-6,8-11,13,15,24H,4,7,12,14H2,1H3. The molecular weight excluding hydrogens is 384 g/mol. The van der Waals surface area contributed by atoms with E-state index in [4.69, 9.17) is 9.47 Å². The fourth-order valence-corrected chi connectivity index (χ4v) is 3.56. The summed E-state index contributed by atoms with van der Waals surface area (Å²) in [6, 6.07) is 14.4. The first-order chi connectivity index (χ1) is 14.5. The normalized spacial score (nSPS) is 14.7. The van der Waals surface area contributed by atoms with Crippen LogP contribution in [0.15, 0.2) is 54.7 Å². The summed E-state index contributed by atoms with van der Waals surface area (Å²) in [6.45, 7) is 1.95. The van der Waals surface area contributed by atoms with Gasteiger partial charge in [0.05, 0.1) is 0 Å². The van der Waals surface area contributed by atoms with E-state index in [-0.39, 0.29) is 18.3 Å². The third kappa shape index (κ3) is 4.05. The molecule has 1 aliphatic heterocycles. The van der Waals surface area contributed by atoms with E-state index in [0.717, 1.165) is 23.0 Å². The van der Waals surface area contributed by atoms with E-state index in [2.05, 4.69) is 4.98 Å². The Morgan fingerprint density at radius 2 is 1.90 bits per heavy atom. The predicted octanol–water partition coefficient (Wildman–Crippen LogP) is 3.49. The van der Waals surface area contributed by atoms with Gasteiger partial charge in [-0.05, 0) is 43.7 Å². The van der Waals surface area contributed by atoms with Crippen molar-refractivity contribution >= 4 is 34.3 Å². The van der Waals surface area contributed by atoms with Gasteiger partial charge < -0.3 is 19.4 Å². The summed E-state index contributed by atoms with van der Waals surface area (Å²) in [5.74, 6) is -0.311.